The molecule has 0 fully saturated rings. The lowest BCUT2D eigenvalue weighted by molar-refractivity contribution is -0.141. The van der Waals surface area contributed by atoms with E-state index in [1.54, 1.807) is 25.1 Å². The number of rotatable bonds is 8. The number of hydrogen-bond donors (Lipinski definition) is 1. The summed E-state index contributed by atoms with van der Waals surface area (Å²) < 4.78 is 13.3. The largest absolute Gasteiger partial charge is 0.350 e. The smallest absolute Gasteiger partial charge is 0.247 e. The number of amides is 2. The second-order valence-electron chi connectivity index (χ2n) is 7.12. The third-order valence-corrected chi connectivity index (χ3v) is 5.34. The zero-order valence-electron chi connectivity index (χ0n) is 17.2. The molecule has 31 heavy (non-hydrogen) atoms. The fourth-order valence-corrected chi connectivity index (χ4v) is 3.54. The number of nitrogens with zero attached hydrogens (tertiary/aromatic N) is 1. The van der Waals surface area contributed by atoms with Gasteiger partial charge in [0, 0.05) is 24.5 Å². The van der Waals surface area contributed by atoms with Gasteiger partial charge in [-0.25, -0.2) is 4.39 Å². The minimum atomic E-state index is -0.832. The van der Waals surface area contributed by atoms with E-state index in [4.69, 9.17) is 11.6 Å². The topological polar surface area (TPSA) is 49.4 Å². The van der Waals surface area contributed by atoms with E-state index in [-0.39, 0.29) is 37.1 Å². The van der Waals surface area contributed by atoms with Crippen LogP contribution in [-0.2, 0) is 22.7 Å². The third-order valence-electron chi connectivity index (χ3n) is 4.98. The van der Waals surface area contributed by atoms with Gasteiger partial charge in [0.25, 0.3) is 0 Å². The SMILES string of the molecule is CCC(=O)N(Cc1ccc(F)cc1)[C@@H](C(=O)NCc1ccccc1Cl)c1ccccc1. The predicted molar refractivity (Wildman–Crippen MR) is 120 cm³/mol. The van der Waals surface area contributed by atoms with Crippen LogP contribution in [0.25, 0.3) is 0 Å². The summed E-state index contributed by atoms with van der Waals surface area (Å²) in [5.41, 5.74) is 2.22. The van der Waals surface area contributed by atoms with E-state index in [0.29, 0.717) is 10.6 Å². The van der Waals surface area contributed by atoms with Crippen LogP contribution in [0.4, 0.5) is 4.39 Å². The maximum absolute atomic E-state index is 13.3. The summed E-state index contributed by atoms with van der Waals surface area (Å²) in [6, 6.07) is 21.5. The van der Waals surface area contributed by atoms with Gasteiger partial charge in [-0.1, -0.05) is 79.2 Å². The summed E-state index contributed by atoms with van der Waals surface area (Å²) >= 11 is 6.21. The Kier molecular flexibility index (Phi) is 7.79. The monoisotopic (exact) mass is 438 g/mol. The second kappa shape index (κ2) is 10.7. The molecule has 0 bridgehead atoms. The van der Waals surface area contributed by atoms with Crippen molar-refractivity contribution >= 4 is 23.4 Å². The van der Waals surface area contributed by atoms with Crippen LogP contribution >= 0.6 is 11.6 Å². The van der Waals surface area contributed by atoms with Crippen LogP contribution in [0.5, 0.6) is 0 Å². The number of benzene rings is 3. The van der Waals surface area contributed by atoms with E-state index in [1.807, 2.05) is 48.5 Å². The van der Waals surface area contributed by atoms with Gasteiger partial charge in [0.15, 0.2) is 0 Å². The van der Waals surface area contributed by atoms with Crippen molar-refractivity contribution in [2.75, 3.05) is 0 Å². The second-order valence-corrected chi connectivity index (χ2v) is 7.53. The van der Waals surface area contributed by atoms with Crippen molar-refractivity contribution in [3.8, 4) is 0 Å². The average molecular weight is 439 g/mol. The summed E-state index contributed by atoms with van der Waals surface area (Å²) in [4.78, 5) is 27.7. The quantitative estimate of drug-likeness (QED) is 0.520. The molecule has 1 N–H and O–H groups in total. The Labute approximate surface area is 186 Å². The molecule has 160 valence electrons. The molecule has 6 heteroatoms. The molecule has 4 nitrogen and oxygen atoms in total. The van der Waals surface area contributed by atoms with Gasteiger partial charge in [0.2, 0.25) is 11.8 Å². The standard InChI is InChI=1S/C25H24ClFN2O2/c1-2-23(30)29(17-18-12-14-21(27)15-13-18)24(19-8-4-3-5-9-19)25(31)28-16-20-10-6-7-11-22(20)26/h3-15,24H,2,16-17H2,1H3,(H,28,31)/t24-/m1/s1. The van der Waals surface area contributed by atoms with Crippen LogP contribution in [0.3, 0.4) is 0 Å². The molecular formula is C25H24ClFN2O2. The number of carbonyl (C=O) groups excluding carboxylic acids is 2. The lowest BCUT2D eigenvalue weighted by Crippen LogP contribution is -2.43. The molecule has 0 aliphatic heterocycles. The van der Waals surface area contributed by atoms with Crippen LogP contribution in [0.15, 0.2) is 78.9 Å². The Morgan fingerprint density at radius 3 is 2.26 bits per heavy atom. The van der Waals surface area contributed by atoms with E-state index in [9.17, 15) is 14.0 Å². The van der Waals surface area contributed by atoms with Crippen molar-refractivity contribution in [3.63, 3.8) is 0 Å². The summed E-state index contributed by atoms with van der Waals surface area (Å²) in [5.74, 6) is -0.838. The van der Waals surface area contributed by atoms with Crippen molar-refractivity contribution in [2.45, 2.75) is 32.5 Å². The zero-order valence-corrected chi connectivity index (χ0v) is 18.0. The first-order valence-electron chi connectivity index (χ1n) is 10.1. The summed E-state index contributed by atoms with van der Waals surface area (Å²) in [7, 11) is 0. The maximum Gasteiger partial charge on any atom is 0.247 e. The lowest BCUT2D eigenvalue weighted by Gasteiger charge is -2.31. The van der Waals surface area contributed by atoms with Gasteiger partial charge < -0.3 is 10.2 Å². The normalized spacial score (nSPS) is 11.6. The zero-order chi connectivity index (χ0) is 22.2. The first kappa shape index (κ1) is 22.5. The first-order chi connectivity index (χ1) is 15.0. The van der Waals surface area contributed by atoms with Gasteiger partial charge in [-0.3, -0.25) is 9.59 Å². The molecule has 2 amide bonds. The molecule has 3 aromatic rings. The van der Waals surface area contributed by atoms with E-state index < -0.39 is 6.04 Å². The Morgan fingerprint density at radius 2 is 1.61 bits per heavy atom. The molecule has 0 saturated carbocycles. The molecule has 3 rings (SSSR count). The summed E-state index contributed by atoms with van der Waals surface area (Å²) in [5, 5.41) is 3.48. The number of carbonyl (C=O) groups is 2. The molecule has 0 saturated heterocycles. The van der Waals surface area contributed by atoms with Gasteiger partial charge in [0.05, 0.1) is 0 Å². The lowest BCUT2D eigenvalue weighted by atomic mass is 10.0. The molecule has 0 aromatic heterocycles. The van der Waals surface area contributed by atoms with Crippen LogP contribution < -0.4 is 5.32 Å². The van der Waals surface area contributed by atoms with E-state index in [1.165, 1.54) is 17.0 Å². The molecule has 0 aliphatic carbocycles. The highest BCUT2D eigenvalue weighted by Crippen LogP contribution is 2.25. The molecule has 0 radical (unpaired) electrons. The number of nitrogens with one attached hydrogen (secondary N) is 1. The van der Waals surface area contributed by atoms with Gasteiger partial charge in [-0.15, -0.1) is 0 Å². The summed E-state index contributed by atoms with van der Waals surface area (Å²) in [6.07, 6.45) is 0.238. The average Bonchev–Trinajstić information content (AvgIpc) is 2.79. The molecule has 0 unspecified atom stereocenters. The van der Waals surface area contributed by atoms with Crippen LogP contribution in [0, 0.1) is 5.82 Å². The van der Waals surface area contributed by atoms with Crippen molar-refractivity contribution in [2.24, 2.45) is 0 Å². The van der Waals surface area contributed by atoms with Gasteiger partial charge in [0.1, 0.15) is 11.9 Å². The van der Waals surface area contributed by atoms with Crippen molar-refractivity contribution in [3.05, 3.63) is 106 Å². The molecular weight excluding hydrogens is 415 g/mol. The van der Waals surface area contributed by atoms with Crippen molar-refractivity contribution in [1.82, 2.24) is 10.2 Å². The Morgan fingerprint density at radius 1 is 0.968 bits per heavy atom. The predicted octanol–water partition coefficient (Wildman–Crippen LogP) is 5.28. The summed E-state index contributed by atoms with van der Waals surface area (Å²) in [6.45, 7) is 2.18. The highest BCUT2D eigenvalue weighted by Gasteiger charge is 2.30. The molecule has 0 spiro atoms. The van der Waals surface area contributed by atoms with E-state index in [0.717, 1.165) is 11.1 Å². The minimum absolute atomic E-state index is 0.175. The molecule has 3 aromatic carbocycles. The van der Waals surface area contributed by atoms with Crippen LogP contribution in [-0.4, -0.2) is 16.7 Å². The molecule has 0 heterocycles. The Balaban J connectivity index is 1.91. The van der Waals surface area contributed by atoms with Crippen LogP contribution in [0.2, 0.25) is 5.02 Å². The Bertz CT molecular complexity index is 1030. The highest BCUT2D eigenvalue weighted by atomic mass is 35.5. The van der Waals surface area contributed by atoms with E-state index in [2.05, 4.69) is 5.32 Å². The fraction of sp³-hybridized carbons (Fsp3) is 0.200. The van der Waals surface area contributed by atoms with Gasteiger partial charge in [-0.2, -0.15) is 0 Å². The minimum Gasteiger partial charge on any atom is -0.350 e. The van der Waals surface area contributed by atoms with Gasteiger partial charge in [-0.05, 0) is 34.9 Å². The highest BCUT2D eigenvalue weighted by molar-refractivity contribution is 6.31. The molecule has 1 atom stereocenters. The van der Waals surface area contributed by atoms with Gasteiger partial charge >= 0.3 is 0 Å². The van der Waals surface area contributed by atoms with E-state index >= 15 is 0 Å². The third kappa shape index (κ3) is 5.92. The Hall–Kier alpha value is -3.18. The molecule has 0 aliphatic rings. The van der Waals surface area contributed by atoms with Crippen molar-refractivity contribution in [1.29, 1.82) is 0 Å². The first-order valence-corrected chi connectivity index (χ1v) is 10.5. The number of halogens is 2. The van der Waals surface area contributed by atoms with Crippen LogP contribution in [0.1, 0.15) is 36.1 Å². The fourth-order valence-electron chi connectivity index (χ4n) is 3.34. The maximum atomic E-state index is 13.3. The van der Waals surface area contributed by atoms with Crippen molar-refractivity contribution < 1.29 is 14.0 Å². The number of hydrogen-bond acceptors (Lipinski definition) is 2.